The Morgan fingerprint density at radius 2 is 2.24 bits per heavy atom. The van der Waals surface area contributed by atoms with Crippen molar-refractivity contribution in [3.05, 3.63) is 47.1 Å². The van der Waals surface area contributed by atoms with Crippen molar-refractivity contribution >= 4 is 23.6 Å². The van der Waals surface area contributed by atoms with Gasteiger partial charge in [0.25, 0.3) is 0 Å². The van der Waals surface area contributed by atoms with E-state index < -0.39 is 41.2 Å². The average molecular weight is 424 g/mol. The van der Waals surface area contributed by atoms with E-state index in [1.807, 2.05) is 0 Å². The van der Waals surface area contributed by atoms with Gasteiger partial charge >= 0.3 is 6.09 Å². The van der Waals surface area contributed by atoms with Gasteiger partial charge in [-0.15, -0.1) is 0 Å². The summed E-state index contributed by atoms with van der Waals surface area (Å²) < 4.78 is 25.0. The van der Waals surface area contributed by atoms with E-state index in [9.17, 15) is 19.1 Å². The highest BCUT2D eigenvalue weighted by Gasteiger charge is 2.63. The Morgan fingerprint density at radius 1 is 1.45 bits per heavy atom. The zero-order valence-electron chi connectivity index (χ0n) is 15.3. The average Bonchev–Trinajstić information content (AvgIpc) is 3.33. The van der Waals surface area contributed by atoms with Gasteiger partial charge in [0.1, 0.15) is 29.3 Å². The van der Waals surface area contributed by atoms with E-state index >= 15 is 0 Å². The third-order valence-electron chi connectivity index (χ3n) is 5.98. The zero-order chi connectivity index (χ0) is 20.8. The molecule has 2 aromatic rings. The van der Waals surface area contributed by atoms with Gasteiger partial charge in [-0.1, -0.05) is 16.8 Å². The predicted octanol–water partition coefficient (Wildman–Crippen LogP) is 2.87. The fourth-order valence-electron chi connectivity index (χ4n) is 4.68. The molecule has 1 spiro atoms. The van der Waals surface area contributed by atoms with Crippen molar-refractivity contribution in [2.45, 2.75) is 24.9 Å². The van der Waals surface area contributed by atoms with Crippen molar-refractivity contribution in [3.8, 4) is 5.75 Å². The van der Waals surface area contributed by atoms with Crippen LogP contribution in [0.3, 0.4) is 0 Å². The van der Waals surface area contributed by atoms with Crippen LogP contribution in [0.2, 0.25) is 5.02 Å². The Hall–Kier alpha value is -2.81. The molecule has 1 aliphatic carbocycles. The maximum Gasteiger partial charge on any atom is 0.407 e. The van der Waals surface area contributed by atoms with Crippen LogP contribution >= 0.6 is 11.6 Å². The molecule has 10 heteroatoms. The zero-order valence-corrected chi connectivity index (χ0v) is 16.0. The number of ether oxygens (including phenoxy) is 1. The van der Waals surface area contributed by atoms with Crippen LogP contribution in [0.1, 0.15) is 24.5 Å². The molecule has 1 saturated carbocycles. The van der Waals surface area contributed by atoms with Crippen LogP contribution in [0, 0.1) is 17.2 Å². The number of carboxylic acid groups (broad SMARTS) is 1. The van der Waals surface area contributed by atoms with E-state index in [4.69, 9.17) is 26.6 Å². The molecule has 0 bridgehead atoms. The van der Waals surface area contributed by atoms with Gasteiger partial charge in [0, 0.05) is 36.6 Å². The molecule has 1 aliphatic heterocycles. The molecule has 1 aromatic heterocycles. The Kier molecular flexibility index (Phi) is 4.85. The molecule has 4 unspecified atom stereocenters. The van der Waals surface area contributed by atoms with Crippen molar-refractivity contribution in [2.24, 2.45) is 17.1 Å². The van der Waals surface area contributed by atoms with Crippen molar-refractivity contribution < 1.29 is 28.3 Å². The second kappa shape index (κ2) is 7.22. The van der Waals surface area contributed by atoms with Gasteiger partial charge in [-0.2, -0.15) is 0 Å². The first-order valence-electron chi connectivity index (χ1n) is 9.10. The monoisotopic (exact) mass is 423 g/mol. The number of carbonyl (C=O) groups is 2. The largest absolute Gasteiger partial charge is 0.490 e. The SMILES string of the molecule is NC(=O)C(c1ccno1)C1C(Oc2ccc(Cl)c(F)c2)CC12CCN(C(=O)O)C2. The van der Waals surface area contributed by atoms with Crippen LogP contribution in [0.5, 0.6) is 5.75 Å². The number of nitrogens with two attached hydrogens (primary N) is 1. The molecular formula is C19H19ClFN3O5. The number of primary amides is 1. The van der Waals surface area contributed by atoms with E-state index in [1.165, 1.54) is 23.2 Å². The van der Waals surface area contributed by atoms with E-state index in [1.54, 1.807) is 12.1 Å². The van der Waals surface area contributed by atoms with E-state index in [-0.39, 0.29) is 17.3 Å². The number of hydrogen-bond acceptors (Lipinski definition) is 5. The smallest absolute Gasteiger partial charge is 0.407 e. The predicted molar refractivity (Wildman–Crippen MR) is 99.0 cm³/mol. The summed E-state index contributed by atoms with van der Waals surface area (Å²) in [5.41, 5.74) is 5.21. The Bertz CT molecular complexity index is 940. The molecule has 1 aromatic carbocycles. The van der Waals surface area contributed by atoms with E-state index in [2.05, 4.69) is 5.16 Å². The highest BCUT2D eigenvalue weighted by Crippen LogP contribution is 2.59. The first-order chi connectivity index (χ1) is 13.8. The molecule has 3 N–H and O–H groups in total. The van der Waals surface area contributed by atoms with Gasteiger partial charge in [0.2, 0.25) is 5.91 Å². The summed E-state index contributed by atoms with van der Waals surface area (Å²) in [5, 5.41) is 13.0. The number of amides is 2. The molecule has 8 nitrogen and oxygen atoms in total. The normalized spacial score (nSPS) is 26.9. The highest BCUT2D eigenvalue weighted by atomic mass is 35.5. The summed E-state index contributed by atoms with van der Waals surface area (Å²) >= 11 is 5.73. The molecule has 2 fully saturated rings. The quantitative estimate of drug-likeness (QED) is 0.763. The second-order valence-corrected chi connectivity index (χ2v) is 7.98. The Labute approximate surface area is 170 Å². The van der Waals surface area contributed by atoms with Gasteiger partial charge < -0.3 is 25.0 Å². The standard InChI is InChI=1S/C19H19ClFN3O5/c20-11-2-1-10(7-12(11)21)28-14-8-19(4-6-24(9-19)18(26)27)16(14)15(17(22)25)13-3-5-23-29-13/h1-3,5,7,14-16H,4,6,8-9H2,(H2,22,25)(H,26,27). The third-order valence-corrected chi connectivity index (χ3v) is 6.29. The molecule has 2 aliphatic rings. The maximum atomic E-state index is 13.8. The summed E-state index contributed by atoms with van der Waals surface area (Å²) in [6, 6.07) is 5.67. The lowest BCUT2D eigenvalue weighted by Gasteiger charge is -2.54. The van der Waals surface area contributed by atoms with Gasteiger partial charge in [0.15, 0.2) is 0 Å². The fourth-order valence-corrected chi connectivity index (χ4v) is 4.80. The Morgan fingerprint density at radius 3 is 2.83 bits per heavy atom. The minimum absolute atomic E-state index is 0.0245. The van der Waals surface area contributed by atoms with Crippen molar-refractivity contribution in [1.82, 2.24) is 10.1 Å². The molecular weight excluding hydrogens is 405 g/mol. The topological polar surface area (TPSA) is 119 Å². The van der Waals surface area contributed by atoms with Crippen molar-refractivity contribution in [1.29, 1.82) is 0 Å². The molecule has 2 heterocycles. The molecule has 154 valence electrons. The number of nitrogens with zero attached hydrogens (tertiary/aromatic N) is 2. The third kappa shape index (κ3) is 3.39. The molecule has 2 amide bonds. The van der Waals surface area contributed by atoms with Crippen molar-refractivity contribution in [2.75, 3.05) is 13.1 Å². The fraction of sp³-hybridized carbons (Fsp3) is 0.421. The van der Waals surface area contributed by atoms with E-state index in [0.717, 1.165) is 0 Å². The highest BCUT2D eigenvalue weighted by molar-refractivity contribution is 6.30. The number of likely N-dealkylation sites (tertiary alicyclic amines) is 1. The minimum atomic E-state index is -1.01. The summed E-state index contributed by atoms with van der Waals surface area (Å²) in [6.45, 7) is 0.621. The molecule has 0 radical (unpaired) electrons. The van der Waals surface area contributed by atoms with Crippen LogP contribution in [0.15, 0.2) is 35.0 Å². The van der Waals surface area contributed by atoms with Gasteiger partial charge in [-0.3, -0.25) is 4.79 Å². The number of carbonyl (C=O) groups excluding carboxylic acids is 1. The lowest BCUT2D eigenvalue weighted by molar-refractivity contribution is -0.137. The summed E-state index contributed by atoms with van der Waals surface area (Å²) in [6.07, 6.45) is 0.992. The van der Waals surface area contributed by atoms with E-state index in [0.29, 0.717) is 25.1 Å². The number of hydrogen-bond donors (Lipinski definition) is 2. The molecule has 4 atom stereocenters. The Balaban J connectivity index is 1.66. The number of benzene rings is 1. The van der Waals surface area contributed by atoms with Gasteiger partial charge in [-0.25, -0.2) is 9.18 Å². The van der Waals surface area contributed by atoms with Crippen LogP contribution < -0.4 is 10.5 Å². The molecule has 1 saturated heterocycles. The number of aromatic nitrogens is 1. The second-order valence-electron chi connectivity index (χ2n) is 7.57. The summed E-state index contributed by atoms with van der Waals surface area (Å²) in [7, 11) is 0. The first kappa shape index (κ1) is 19.5. The van der Waals surface area contributed by atoms with Gasteiger partial charge in [0.05, 0.1) is 11.2 Å². The van der Waals surface area contributed by atoms with Crippen LogP contribution in [-0.2, 0) is 4.79 Å². The summed E-state index contributed by atoms with van der Waals surface area (Å²) in [4.78, 5) is 25.1. The molecule has 29 heavy (non-hydrogen) atoms. The maximum absolute atomic E-state index is 13.8. The number of rotatable bonds is 5. The molecule has 4 rings (SSSR count). The number of halogens is 2. The van der Waals surface area contributed by atoms with Crippen LogP contribution in [-0.4, -0.2) is 46.4 Å². The summed E-state index contributed by atoms with van der Waals surface area (Å²) in [5.74, 6) is -1.96. The first-order valence-corrected chi connectivity index (χ1v) is 9.48. The lowest BCUT2D eigenvalue weighted by Crippen LogP contribution is -2.59. The van der Waals surface area contributed by atoms with Crippen molar-refractivity contribution in [3.63, 3.8) is 0 Å². The minimum Gasteiger partial charge on any atom is -0.490 e. The lowest BCUT2D eigenvalue weighted by atomic mass is 9.52. The van der Waals surface area contributed by atoms with Gasteiger partial charge in [-0.05, 0) is 25.0 Å². The van der Waals surface area contributed by atoms with Crippen LogP contribution in [0.25, 0.3) is 0 Å². The van der Waals surface area contributed by atoms with Crippen LogP contribution in [0.4, 0.5) is 9.18 Å².